The van der Waals surface area contributed by atoms with Gasteiger partial charge in [-0.15, -0.1) is 0 Å². The number of carbonyl (C=O) groups is 2. The van der Waals surface area contributed by atoms with Crippen molar-refractivity contribution in [3.63, 3.8) is 0 Å². The van der Waals surface area contributed by atoms with E-state index in [0.717, 1.165) is 47.2 Å². The quantitative estimate of drug-likeness (QED) is 0.302. The Labute approximate surface area is 157 Å². The number of hydrogen-bond acceptors (Lipinski definition) is 5. The topological polar surface area (TPSA) is 65.7 Å². The Morgan fingerprint density at radius 1 is 1.07 bits per heavy atom. The van der Waals surface area contributed by atoms with Gasteiger partial charge in [0.1, 0.15) is 23.4 Å². The molecule has 1 aromatic heterocycles. The van der Waals surface area contributed by atoms with E-state index in [1.165, 1.54) is 0 Å². The average Bonchev–Trinajstić information content (AvgIpc) is 3.11. The smallest absolute Gasteiger partial charge is 0.305 e. The van der Waals surface area contributed by atoms with Crippen molar-refractivity contribution in [1.82, 2.24) is 0 Å². The second-order valence-electron chi connectivity index (χ2n) is 6.16. The highest BCUT2D eigenvalue weighted by Gasteiger charge is 2.07. The summed E-state index contributed by atoms with van der Waals surface area (Å²) in [6, 6.07) is 14.9. The van der Waals surface area contributed by atoms with Gasteiger partial charge in [-0.3, -0.25) is 9.59 Å². The van der Waals surface area contributed by atoms with Crippen molar-refractivity contribution in [2.45, 2.75) is 26.2 Å². The van der Waals surface area contributed by atoms with Crippen LogP contribution in [0.15, 0.2) is 52.9 Å². The Hall–Kier alpha value is -3.08. The highest BCUT2D eigenvalue weighted by molar-refractivity contribution is 5.88. The van der Waals surface area contributed by atoms with Gasteiger partial charge in [0.2, 0.25) is 0 Å². The molecule has 5 nitrogen and oxygen atoms in total. The van der Waals surface area contributed by atoms with E-state index in [1.54, 1.807) is 19.1 Å². The first-order valence-electron chi connectivity index (χ1n) is 9.07. The molecular weight excluding hydrogens is 344 g/mol. The molecule has 0 spiro atoms. The van der Waals surface area contributed by atoms with Crippen molar-refractivity contribution in [3.05, 3.63) is 54.1 Å². The van der Waals surface area contributed by atoms with Gasteiger partial charge in [0.05, 0.1) is 13.2 Å². The monoisotopic (exact) mass is 366 g/mol. The predicted octanol–water partition coefficient (Wildman–Crippen LogP) is 5.02. The highest BCUT2D eigenvalue weighted by Crippen LogP contribution is 2.29. The number of rotatable bonds is 9. The zero-order chi connectivity index (χ0) is 19.1. The summed E-state index contributed by atoms with van der Waals surface area (Å²) in [4.78, 5) is 22.1. The third-order valence-electron chi connectivity index (χ3n) is 4.16. The molecule has 3 aromatic rings. The number of benzene rings is 2. The molecule has 0 aliphatic carbocycles. The Balaban J connectivity index is 1.54. The molecule has 1 heterocycles. The van der Waals surface area contributed by atoms with E-state index in [1.807, 2.05) is 36.4 Å². The summed E-state index contributed by atoms with van der Waals surface area (Å²) in [5.41, 5.74) is 2.31. The molecule has 0 amide bonds. The minimum atomic E-state index is -0.159. The molecule has 27 heavy (non-hydrogen) atoms. The van der Waals surface area contributed by atoms with Gasteiger partial charge in [0.15, 0.2) is 0 Å². The molecule has 5 heteroatoms. The van der Waals surface area contributed by atoms with E-state index in [-0.39, 0.29) is 5.97 Å². The largest absolute Gasteiger partial charge is 0.494 e. The second-order valence-corrected chi connectivity index (χ2v) is 6.16. The van der Waals surface area contributed by atoms with Gasteiger partial charge in [-0.05, 0) is 68.3 Å². The Morgan fingerprint density at radius 2 is 1.89 bits per heavy atom. The molecule has 0 unspecified atom stereocenters. The molecule has 0 atom stereocenters. The Bertz CT molecular complexity index is 908. The van der Waals surface area contributed by atoms with Gasteiger partial charge >= 0.3 is 5.97 Å². The molecule has 0 radical (unpaired) electrons. The maximum atomic E-state index is 11.3. The zero-order valence-corrected chi connectivity index (χ0v) is 15.3. The number of furan rings is 1. The lowest BCUT2D eigenvalue weighted by atomic mass is 10.1. The van der Waals surface area contributed by atoms with Crippen LogP contribution in [0, 0.1) is 0 Å². The molecule has 2 aromatic carbocycles. The van der Waals surface area contributed by atoms with Gasteiger partial charge < -0.3 is 13.9 Å². The number of unbranched alkanes of at least 4 members (excludes halogenated alkanes) is 1. The molecule has 0 aliphatic rings. The lowest BCUT2D eigenvalue weighted by Crippen LogP contribution is -2.05. The van der Waals surface area contributed by atoms with Crippen molar-refractivity contribution in [2.75, 3.05) is 13.2 Å². The van der Waals surface area contributed by atoms with Crippen LogP contribution in [0.2, 0.25) is 0 Å². The molecule has 3 rings (SSSR count). The van der Waals surface area contributed by atoms with Crippen molar-refractivity contribution in [3.8, 4) is 17.1 Å². The summed E-state index contributed by atoms with van der Waals surface area (Å²) < 4.78 is 16.4. The van der Waals surface area contributed by atoms with Crippen molar-refractivity contribution < 1.29 is 23.5 Å². The van der Waals surface area contributed by atoms with Crippen molar-refractivity contribution in [2.24, 2.45) is 0 Å². The third-order valence-corrected chi connectivity index (χ3v) is 4.16. The Kier molecular flexibility index (Phi) is 6.26. The minimum absolute atomic E-state index is 0.159. The normalized spacial score (nSPS) is 10.7. The third kappa shape index (κ3) is 4.97. The molecule has 0 fully saturated rings. The van der Waals surface area contributed by atoms with Crippen molar-refractivity contribution >= 4 is 23.2 Å². The minimum Gasteiger partial charge on any atom is -0.494 e. The lowest BCUT2D eigenvalue weighted by molar-refractivity contribution is -0.143. The summed E-state index contributed by atoms with van der Waals surface area (Å²) >= 11 is 0. The van der Waals surface area contributed by atoms with Crippen molar-refractivity contribution in [1.29, 1.82) is 0 Å². The molecule has 140 valence electrons. The first-order chi connectivity index (χ1) is 13.2. The second kappa shape index (κ2) is 9.03. The maximum Gasteiger partial charge on any atom is 0.305 e. The van der Waals surface area contributed by atoms with E-state index in [2.05, 4.69) is 0 Å². The highest BCUT2D eigenvalue weighted by atomic mass is 16.5. The van der Waals surface area contributed by atoms with Gasteiger partial charge in [-0.25, -0.2) is 0 Å². The van der Waals surface area contributed by atoms with Crippen LogP contribution in [0.4, 0.5) is 0 Å². The van der Waals surface area contributed by atoms with Crippen LogP contribution in [0.5, 0.6) is 5.75 Å². The molecule has 0 N–H and O–H groups in total. The number of ether oxygens (including phenoxy) is 2. The van der Waals surface area contributed by atoms with E-state index in [0.29, 0.717) is 25.2 Å². The fourth-order valence-corrected chi connectivity index (χ4v) is 2.79. The molecule has 0 saturated carbocycles. The summed E-state index contributed by atoms with van der Waals surface area (Å²) in [6.07, 6.45) is 2.79. The summed E-state index contributed by atoms with van der Waals surface area (Å²) in [5, 5.41) is 0.900. The van der Waals surface area contributed by atoms with Crippen LogP contribution in [0.25, 0.3) is 22.3 Å². The zero-order valence-electron chi connectivity index (χ0n) is 15.3. The van der Waals surface area contributed by atoms with E-state index < -0.39 is 0 Å². The number of esters is 1. The number of hydrogen-bond donors (Lipinski definition) is 0. The fraction of sp³-hybridized carbons (Fsp3) is 0.273. The van der Waals surface area contributed by atoms with Crippen LogP contribution < -0.4 is 4.74 Å². The number of carbonyl (C=O) groups excluding carboxylic acids is 2. The van der Waals surface area contributed by atoms with E-state index >= 15 is 0 Å². The maximum absolute atomic E-state index is 11.3. The van der Waals surface area contributed by atoms with E-state index in [4.69, 9.17) is 13.9 Å². The lowest BCUT2D eigenvalue weighted by Gasteiger charge is -2.06. The van der Waals surface area contributed by atoms with Gasteiger partial charge in [0, 0.05) is 22.9 Å². The van der Waals surface area contributed by atoms with Crippen LogP contribution >= 0.6 is 0 Å². The first kappa shape index (κ1) is 18.7. The Morgan fingerprint density at radius 3 is 2.63 bits per heavy atom. The van der Waals surface area contributed by atoms with Gasteiger partial charge in [-0.2, -0.15) is 0 Å². The van der Waals surface area contributed by atoms with E-state index in [9.17, 15) is 9.59 Å². The van der Waals surface area contributed by atoms with Gasteiger partial charge in [-0.1, -0.05) is 0 Å². The summed E-state index contributed by atoms with van der Waals surface area (Å²) in [7, 11) is 0. The summed E-state index contributed by atoms with van der Waals surface area (Å²) in [5.74, 6) is 1.36. The van der Waals surface area contributed by atoms with Crippen LogP contribution in [0.1, 0.15) is 36.5 Å². The molecular formula is C22H22O5. The fourth-order valence-electron chi connectivity index (χ4n) is 2.79. The average molecular weight is 366 g/mol. The predicted molar refractivity (Wildman–Crippen MR) is 103 cm³/mol. The van der Waals surface area contributed by atoms with Crippen LogP contribution in [-0.4, -0.2) is 25.5 Å². The molecule has 0 saturated heterocycles. The van der Waals surface area contributed by atoms with Crippen LogP contribution in [0.3, 0.4) is 0 Å². The molecule has 0 bridgehead atoms. The van der Waals surface area contributed by atoms with Crippen LogP contribution in [-0.2, 0) is 9.53 Å². The number of aldehydes is 1. The SMILES string of the molecule is CCOC(=O)CCCCOc1ccc(-c2cc3cc(C=O)ccc3o2)cc1. The summed E-state index contributed by atoms with van der Waals surface area (Å²) in [6.45, 7) is 2.78. The van der Waals surface area contributed by atoms with Gasteiger partial charge in [0.25, 0.3) is 0 Å². The standard InChI is InChI=1S/C22H22O5/c1-2-25-22(24)5-3-4-12-26-19-9-7-17(8-10-19)21-14-18-13-16(15-23)6-11-20(18)27-21/h6-11,13-15H,2-5,12H2,1H3. The number of fused-ring (bicyclic) bond motifs is 1. The first-order valence-corrected chi connectivity index (χ1v) is 9.07. The molecule has 0 aliphatic heterocycles.